The molecule has 0 aliphatic carbocycles. The first-order valence-electron chi connectivity index (χ1n) is 10.7. The fraction of sp³-hybridized carbons (Fsp3) is 0.375. The summed E-state index contributed by atoms with van der Waals surface area (Å²) in [6, 6.07) is 17.7. The van der Waals surface area contributed by atoms with Crippen LogP contribution in [-0.4, -0.2) is 40.4 Å². The van der Waals surface area contributed by atoms with E-state index in [0.717, 1.165) is 11.3 Å². The van der Waals surface area contributed by atoms with Gasteiger partial charge in [-0.2, -0.15) is 5.26 Å². The lowest BCUT2D eigenvalue weighted by molar-refractivity contribution is -0.131. The second-order valence-electron chi connectivity index (χ2n) is 7.55. The monoisotopic (exact) mass is 454 g/mol. The number of nitriles is 1. The lowest BCUT2D eigenvalue weighted by Gasteiger charge is -2.23. The van der Waals surface area contributed by atoms with Crippen LogP contribution in [0.5, 0.6) is 0 Å². The number of anilines is 1. The molecule has 3 rings (SSSR count). The van der Waals surface area contributed by atoms with E-state index in [1.807, 2.05) is 37.3 Å². The highest BCUT2D eigenvalue weighted by Gasteiger charge is 2.40. The van der Waals surface area contributed by atoms with Crippen LogP contribution in [0.15, 0.2) is 54.6 Å². The van der Waals surface area contributed by atoms with Crippen LogP contribution in [0, 0.1) is 23.1 Å². The third kappa shape index (κ3) is 6.24. The third-order valence-electron chi connectivity index (χ3n) is 5.37. The predicted molar refractivity (Wildman–Crippen MR) is 124 cm³/mol. The van der Waals surface area contributed by atoms with E-state index in [1.165, 1.54) is 23.9 Å². The number of hydrogen-bond acceptors (Lipinski definition) is 5. The number of hydrogen-bond donors (Lipinski definition) is 2. The second-order valence-corrected chi connectivity index (χ2v) is 8.93. The van der Waals surface area contributed by atoms with E-state index in [4.69, 9.17) is 0 Å². The van der Waals surface area contributed by atoms with Crippen molar-refractivity contribution in [3.8, 4) is 6.07 Å². The molecule has 0 bridgehead atoms. The Bertz CT molecular complexity index is 949. The van der Waals surface area contributed by atoms with Crippen molar-refractivity contribution in [1.29, 1.82) is 5.26 Å². The molecule has 3 unspecified atom stereocenters. The topological polar surface area (TPSA) is 85.2 Å². The quantitative estimate of drug-likeness (QED) is 0.571. The number of carbonyl (C=O) groups excluding carboxylic acids is 2. The first kappa shape index (κ1) is 23.6. The van der Waals surface area contributed by atoms with Gasteiger partial charge in [-0.1, -0.05) is 30.3 Å². The number of benzene rings is 2. The maximum absolute atomic E-state index is 13.0. The SMILES string of the molecule is CCN1C(=O)C(CCNc2ccccc2)SC1CC(C#N)C(=O)NCc1ccc(F)cc1. The molecule has 2 N–H and O–H groups in total. The molecule has 1 aliphatic heterocycles. The van der Waals surface area contributed by atoms with Gasteiger partial charge >= 0.3 is 0 Å². The molecular weight excluding hydrogens is 427 g/mol. The van der Waals surface area contributed by atoms with Gasteiger partial charge in [0.1, 0.15) is 11.7 Å². The zero-order valence-electron chi connectivity index (χ0n) is 18.0. The molecule has 1 fully saturated rings. The number of nitrogens with one attached hydrogen (secondary N) is 2. The van der Waals surface area contributed by atoms with Crippen molar-refractivity contribution in [1.82, 2.24) is 10.2 Å². The number of thioether (sulfide) groups is 1. The molecule has 1 heterocycles. The Morgan fingerprint density at radius 2 is 1.94 bits per heavy atom. The summed E-state index contributed by atoms with van der Waals surface area (Å²) in [5, 5.41) is 15.2. The van der Waals surface area contributed by atoms with E-state index in [0.29, 0.717) is 19.5 Å². The van der Waals surface area contributed by atoms with Gasteiger partial charge in [0.2, 0.25) is 11.8 Å². The van der Waals surface area contributed by atoms with Gasteiger partial charge in [-0.15, -0.1) is 11.8 Å². The van der Waals surface area contributed by atoms with Crippen molar-refractivity contribution in [3.63, 3.8) is 0 Å². The van der Waals surface area contributed by atoms with Gasteiger partial charge in [0.15, 0.2) is 0 Å². The molecule has 32 heavy (non-hydrogen) atoms. The molecule has 0 aromatic heterocycles. The number of amides is 2. The Balaban J connectivity index is 1.52. The number of para-hydroxylation sites is 1. The standard InChI is InChI=1S/C24H27FN4O2S/c1-2-29-22(32-21(24(29)31)12-13-27-20-6-4-3-5-7-20)14-18(15-26)23(30)28-16-17-8-10-19(25)11-9-17/h3-11,18,21-22,27H,2,12-14,16H2,1H3,(H,28,30). The Labute approximate surface area is 192 Å². The van der Waals surface area contributed by atoms with E-state index in [9.17, 15) is 19.2 Å². The van der Waals surface area contributed by atoms with E-state index in [-0.39, 0.29) is 41.2 Å². The molecule has 3 atom stereocenters. The summed E-state index contributed by atoms with van der Waals surface area (Å²) >= 11 is 1.53. The fourth-order valence-electron chi connectivity index (χ4n) is 3.62. The first-order chi connectivity index (χ1) is 15.5. The highest BCUT2D eigenvalue weighted by atomic mass is 32.2. The van der Waals surface area contributed by atoms with Crippen molar-refractivity contribution in [2.45, 2.75) is 36.9 Å². The minimum atomic E-state index is -0.865. The minimum absolute atomic E-state index is 0.0563. The Morgan fingerprint density at radius 1 is 1.22 bits per heavy atom. The lowest BCUT2D eigenvalue weighted by atomic mass is 10.1. The lowest BCUT2D eigenvalue weighted by Crippen LogP contribution is -2.38. The molecule has 6 nitrogen and oxygen atoms in total. The molecule has 0 saturated carbocycles. The highest BCUT2D eigenvalue weighted by Crippen LogP contribution is 2.36. The zero-order valence-corrected chi connectivity index (χ0v) is 18.8. The maximum atomic E-state index is 13.0. The van der Waals surface area contributed by atoms with Gasteiger partial charge in [-0.25, -0.2) is 4.39 Å². The van der Waals surface area contributed by atoms with E-state index >= 15 is 0 Å². The molecule has 8 heteroatoms. The predicted octanol–water partition coefficient (Wildman–Crippen LogP) is 3.76. The summed E-state index contributed by atoms with van der Waals surface area (Å²) in [6.45, 7) is 3.33. The number of carbonyl (C=O) groups is 2. The van der Waals surface area contributed by atoms with Crippen molar-refractivity contribution >= 4 is 29.3 Å². The van der Waals surface area contributed by atoms with E-state index in [2.05, 4.69) is 16.7 Å². The summed E-state index contributed by atoms with van der Waals surface area (Å²) in [6.07, 6.45) is 0.942. The average Bonchev–Trinajstić information content (AvgIpc) is 3.11. The highest BCUT2D eigenvalue weighted by molar-refractivity contribution is 8.01. The second kappa shape index (κ2) is 11.5. The van der Waals surface area contributed by atoms with Crippen LogP contribution in [0.25, 0.3) is 0 Å². The van der Waals surface area contributed by atoms with Crippen LogP contribution >= 0.6 is 11.8 Å². The van der Waals surface area contributed by atoms with E-state index in [1.54, 1.807) is 17.0 Å². The summed E-state index contributed by atoms with van der Waals surface area (Å²) in [4.78, 5) is 27.1. The van der Waals surface area contributed by atoms with Crippen LogP contribution in [0.1, 0.15) is 25.3 Å². The number of halogens is 1. The molecule has 1 saturated heterocycles. The molecule has 2 aromatic carbocycles. The summed E-state index contributed by atoms with van der Waals surface area (Å²) in [7, 11) is 0. The first-order valence-corrected chi connectivity index (χ1v) is 11.6. The van der Waals surface area contributed by atoms with Gasteiger partial charge in [-0.3, -0.25) is 9.59 Å². The van der Waals surface area contributed by atoms with Crippen molar-refractivity contribution in [2.75, 3.05) is 18.4 Å². The average molecular weight is 455 g/mol. The van der Waals surface area contributed by atoms with Crippen LogP contribution in [0.2, 0.25) is 0 Å². The van der Waals surface area contributed by atoms with Crippen molar-refractivity contribution < 1.29 is 14.0 Å². The van der Waals surface area contributed by atoms with Gasteiger partial charge in [0.25, 0.3) is 0 Å². The largest absolute Gasteiger partial charge is 0.385 e. The smallest absolute Gasteiger partial charge is 0.237 e. The Morgan fingerprint density at radius 3 is 2.59 bits per heavy atom. The van der Waals surface area contributed by atoms with Crippen LogP contribution in [-0.2, 0) is 16.1 Å². The van der Waals surface area contributed by atoms with Crippen molar-refractivity contribution in [2.24, 2.45) is 5.92 Å². The summed E-state index contributed by atoms with van der Waals surface area (Å²) < 4.78 is 13.0. The molecule has 0 spiro atoms. The molecule has 168 valence electrons. The van der Waals surface area contributed by atoms with Crippen LogP contribution < -0.4 is 10.6 Å². The van der Waals surface area contributed by atoms with Gasteiger partial charge in [-0.05, 0) is 43.2 Å². The third-order valence-corrected chi connectivity index (χ3v) is 6.89. The normalized spacial score (nSPS) is 18.8. The Hall–Kier alpha value is -3.05. The van der Waals surface area contributed by atoms with Crippen molar-refractivity contribution in [3.05, 3.63) is 66.0 Å². The van der Waals surface area contributed by atoms with Crippen LogP contribution in [0.4, 0.5) is 10.1 Å². The summed E-state index contributed by atoms with van der Waals surface area (Å²) in [5.41, 5.74) is 1.76. The summed E-state index contributed by atoms with van der Waals surface area (Å²) in [5.74, 6) is -1.53. The van der Waals surface area contributed by atoms with Gasteiger partial charge in [0.05, 0.1) is 16.7 Å². The molecule has 2 aromatic rings. The minimum Gasteiger partial charge on any atom is -0.385 e. The Kier molecular flexibility index (Phi) is 8.51. The molecule has 1 aliphatic rings. The van der Waals surface area contributed by atoms with Gasteiger partial charge in [0, 0.05) is 31.7 Å². The molecule has 2 amide bonds. The maximum Gasteiger partial charge on any atom is 0.237 e. The van der Waals surface area contributed by atoms with Gasteiger partial charge < -0.3 is 15.5 Å². The zero-order chi connectivity index (χ0) is 22.9. The number of rotatable bonds is 10. The van der Waals surface area contributed by atoms with Crippen LogP contribution in [0.3, 0.4) is 0 Å². The molecule has 0 radical (unpaired) electrons. The molecular formula is C24H27FN4O2S. The van der Waals surface area contributed by atoms with E-state index < -0.39 is 5.92 Å². The fourth-order valence-corrected chi connectivity index (χ4v) is 5.21. The number of nitrogens with zero attached hydrogens (tertiary/aromatic N) is 2.